The lowest BCUT2D eigenvalue weighted by atomic mass is 10.1. The van der Waals surface area contributed by atoms with Crippen LogP contribution in [-0.2, 0) is 33.6 Å². The van der Waals surface area contributed by atoms with Crippen LogP contribution >= 0.6 is 12.6 Å². The molecule has 0 aliphatic heterocycles. The Labute approximate surface area is 234 Å². The largest absolute Gasteiger partial charge is 0.480 e. The molecule has 0 unspecified atom stereocenters. The third kappa shape index (κ3) is 16.6. The summed E-state index contributed by atoms with van der Waals surface area (Å²) in [5.74, 6) is -6.14. The molecule has 0 saturated carbocycles. The van der Waals surface area contributed by atoms with Crippen LogP contribution in [0.5, 0.6) is 0 Å². The minimum Gasteiger partial charge on any atom is -0.480 e. The molecule has 19 nitrogen and oxygen atoms in total. The van der Waals surface area contributed by atoms with Crippen molar-refractivity contribution >= 4 is 60.0 Å². The maximum absolute atomic E-state index is 12.2. The van der Waals surface area contributed by atoms with Crippen LogP contribution < -0.4 is 49.1 Å². The molecule has 0 radical (unpaired) electrons. The summed E-state index contributed by atoms with van der Waals surface area (Å²) in [6.45, 7) is -2.93. The van der Waals surface area contributed by atoms with Crippen molar-refractivity contribution in [2.45, 2.75) is 31.0 Å². The van der Waals surface area contributed by atoms with E-state index in [9.17, 15) is 43.8 Å². The van der Waals surface area contributed by atoms with Gasteiger partial charge in [0, 0.05) is 12.3 Å². The number of amides is 6. The van der Waals surface area contributed by atoms with Crippen LogP contribution in [0.1, 0.15) is 12.8 Å². The first kappa shape index (κ1) is 35.8. The Morgan fingerprint density at radius 2 is 1.23 bits per heavy atom. The highest BCUT2D eigenvalue weighted by molar-refractivity contribution is 7.80. The Balaban J connectivity index is 4.43. The number of carbonyl (C=O) groups excluding carboxylic acids is 6. The van der Waals surface area contributed by atoms with Crippen molar-refractivity contribution in [2.24, 2.45) is 22.2 Å². The third-order valence-corrected chi connectivity index (χ3v) is 5.08. The molecule has 0 spiro atoms. The lowest BCUT2D eigenvalue weighted by molar-refractivity contribution is -0.142. The number of aliphatic carboxylic acids is 1. The molecule has 0 heterocycles. The molecule has 0 aromatic heterocycles. The first-order valence-electron chi connectivity index (χ1n) is 11.7. The first-order chi connectivity index (χ1) is 18.8. The van der Waals surface area contributed by atoms with Gasteiger partial charge in [-0.25, -0.2) is 4.79 Å². The van der Waals surface area contributed by atoms with Gasteiger partial charge in [-0.3, -0.25) is 33.8 Å². The van der Waals surface area contributed by atoms with E-state index in [1.54, 1.807) is 0 Å². The molecule has 0 fully saturated rings. The second-order valence-electron chi connectivity index (χ2n) is 7.99. The zero-order valence-corrected chi connectivity index (χ0v) is 22.4. The number of nitrogens with two attached hydrogens (primary N) is 3. The van der Waals surface area contributed by atoms with Gasteiger partial charge in [0.05, 0.1) is 38.8 Å². The Bertz CT molecular complexity index is 946. The van der Waals surface area contributed by atoms with E-state index in [-0.39, 0.29) is 31.1 Å². The third-order valence-electron chi connectivity index (χ3n) is 4.68. The Morgan fingerprint density at radius 3 is 1.73 bits per heavy atom. The zero-order chi connectivity index (χ0) is 30.7. The van der Waals surface area contributed by atoms with E-state index >= 15 is 0 Å². The van der Waals surface area contributed by atoms with Gasteiger partial charge in [0.1, 0.15) is 12.1 Å². The van der Waals surface area contributed by atoms with Gasteiger partial charge in [-0.1, -0.05) is 0 Å². The van der Waals surface area contributed by atoms with E-state index in [1.165, 1.54) is 0 Å². The predicted molar refractivity (Wildman–Crippen MR) is 142 cm³/mol. The van der Waals surface area contributed by atoms with Crippen LogP contribution in [0.25, 0.3) is 0 Å². The second-order valence-corrected chi connectivity index (χ2v) is 8.35. The molecule has 40 heavy (non-hydrogen) atoms. The number of nitrogens with one attached hydrogen (secondary N) is 6. The standard InChI is InChI=1S/C20H36N10O9S/c21-10(9-40)17(36)27-5-14(33)25-4-13(32)26-6-15(34)30-12(8-31)18(37)28-7-16(35)29-11(19(38)39)2-1-3-24-20(22)23/h10-12,31,40H,1-9,21H2,(H,25,33)(H,26,32)(H,27,36)(H,28,37)(H,29,35)(H,30,34)(H,38,39)(H4,22,23,24)/t10-,11-,12-/m0/s1. The van der Waals surface area contributed by atoms with Crippen LogP contribution in [0, 0.1) is 0 Å². The van der Waals surface area contributed by atoms with Crippen LogP contribution in [0.4, 0.5) is 0 Å². The highest BCUT2D eigenvalue weighted by Crippen LogP contribution is 1.98. The molecular formula is C20H36N10O9S. The maximum atomic E-state index is 12.2. The number of thiol groups is 1. The number of carboxylic acid groups (broad SMARTS) is 1. The molecule has 0 saturated heterocycles. The predicted octanol–water partition coefficient (Wildman–Crippen LogP) is -7.19. The van der Waals surface area contributed by atoms with E-state index < -0.39 is 92.3 Å². The highest BCUT2D eigenvalue weighted by Gasteiger charge is 2.23. The van der Waals surface area contributed by atoms with Crippen molar-refractivity contribution in [3.8, 4) is 0 Å². The SMILES string of the molecule is NC(N)=NCCC[C@H](NC(=O)CNC(=O)[C@H](CO)NC(=O)CNC(=O)CNC(=O)CNC(=O)[C@@H](N)CS)C(=O)O. The molecule has 0 aromatic rings. The zero-order valence-electron chi connectivity index (χ0n) is 21.5. The Kier molecular flexibility index (Phi) is 17.8. The molecule has 226 valence electrons. The molecule has 6 amide bonds. The van der Waals surface area contributed by atoms with Gasteiger partial charge in [0.25, 0.3) is 0 Å². The van der Waals surface area contributed by atoms with Gasteiger partial charge in [0.15, 0.2) is 5.96 Å². The molecule has 0 aromatic carbocycles. The number of rotatable bonds is 19. The summed E-state index contributed by atoms with van der Waals surface area (Å²) in [7, 11) is 0. The van der Waals surface area contributed by atoms with Crippen molar-refractivity contribution < 1.29 is 43.8 Å². The summed E-state index contributed by atoms with van der Waals surface area (Å²) in [6, 6.07) is -3.66. The minimum absolute atomic E-state index is 0.0121. The molecule has 14 N–H and O–H groups in total. The molecule has 0 bridgehead atoms. The summed E-state index contributed by atoms with van der Waals surface area (Å²) in [5.41, 5.74) is 15.8. The average molecular weight is 593 g/mol. The van der Waals surface area contributed by atoms with Crippen molar-refractivity contribution in [1.82, 2.24) is 31.9 Å². The van der Waals surface area contributed by atoms with Crippen LogP contribution in [-0.4, -0.2) is 121 Å². The minimum atomic E-state index is -1.49. The van der Waals surface area contributed by atoms with Gasteiger partial charge >= 0.3 is 5.97 Å². The van der Waals surface area contributed by atoms with Gasteiger partial charge < -0.3 is 59.3 Å². The van der Waals surface area contributed by atoms with Crippen LogP contribution in [0.2, 0.25) is 0 Å². The fourth-order valence-corrected chi connectivity index (χ4v) is 2.77. The summed E-state index contributed by atoms with van der Waals surface area (Å²) in [6.07, 6.45) is 0.269. The normalized spacial score (nSPS) is 12.5. The average Bonchev–Trinajstić information content (AvgIpc) is 2.91. The van der Waals surface area contributed by atoms with Crippen molar-refractivity contribution in [2.75, 3.05) is 45.1 Å². The van der Waals surface area contributed by atoms with Gasteiger partial charge in [-0.05, 0) is 12.8 Å². The number of hydrogen-bond donors (Lipinski definition) is 12. The topological polar surface area (TPSA) is 323 Å². The molecule has 3 atom stereocenters. The van der Waals surface area contributed by atoms with Crippen LogP contribution in [0.15, 0.2) is 4.99 Å². The van der Waals surface area contributed by atoms with Gasteiger partial charge in [-0.2, -0.15) is 12.6 Å². The number of aliphatic hydroxyl groups excluding tert-OH is 1. The summed E-state index contributed by atoms with van der Waals surface area (Å²) >= 11 is 3.85. The molecule has 0 aliphatic rings. The fraction of sp³-hybridized carbons (Fsp3) is 0.600. The maximum Gasteiger partial charge on any atom is 0.326 e. The van der Waals surface area contributed by atoms with E-state index in [1.807, 2.05) is 0 Å². The molecule has 0 aliphatic carbocycles. The summed E-state index contributed by atoms with van der Waals surface area (Å²) in [4.78, 5) is 86.2. The van der Waals surface area contributed by atoms with Crippen molar-refractivity contribution in [1.29, 1.82) is 0 Å². The van der Waals surface area contributed by atoms with E-state index in [4.69, 9.17) is 17.2 Å². The van der Waals surface area contributed by atoms with E-state index in [2.05, 4.69) is 49.5 Å². The van der Waals surface area contributed by atoms with Gasteiger partial charge in [0.2, 0.25) is 35.4 Å². The number of hydrogen-bond acceptors (Lipinski definition) is 11. The molecule has 20 heteroatoms. The summed E-state index contributed by atoms with van der Waals surface area (Å²) in [5, 5.41) is 31.7. The lowest BCUT2D eigenvalue weighted by Crippen LogP contribution is -2.53. The van der Waals surface area contributed by atoms with Crippen molar-refractivity contribution in [3.63, 3.8) is 0 Å². The Hall–Kier alpha value is -4.17. The van der Waals surface area contributed by atoms with E-state index in [0.717, 1.165) is 0 Å². The van der Waals surface area contributed by atoms with Crippen molar-refractivity contribution in [3.05, 3.63) is 0 Å². The number of aliphatic imine (C=N–C) groups is 1. The molecular weight excluding hydrogens is 556 g/mol. The summed E-state index contributed by atoms with van der Waals surface area (Å²) < 4.78 is 0. The number of aliphatic hydroxyl groups is 1. The number of carbonyl (C=O) groups is 7. The highest BCUT2D eigenvalue weighted by atomic mass is 32.1. The lowest BCUT2D eigenvalue weighted by Gasteiger charge is -2.17. The Morgan fingerprint density at radius 1 is 0.750 bits per heavy atom. The fourth-order valence-electron chi connectivity index (χ4n) is 2.60. The second kappa shape index (κ2) is 19.8. The van der Waals surface area contributed by atoms with Gasteiger partial charge in [-0.15, -0.1) is 0 Å². The monoisotopic (exact) mass is 592 g/mol. The smallest absolute Gasteiger partial charge is 0.326 e. The first-order valence-corrected chi connectivity index (χ1v) is 12.4. The number of carboxylic acids is 1. The van der Waals surface area contributed by atoms with Crippen LogP contribution in [0.3, 0.4) is 0 Å². The quantitative estimate of drug-likeness (QED) is 0.0288. The molecule has 0 rings (SSSR count). The number of nitrogens with zero attached hydrogens (tertiary/aromatic N) is 1. The number of guanidine groups is 1. The van der Waals surface area contributed by atoms with E-state index in [0.29, 0.717) is 0 Å².